The Bertz CT molecular complexity index is 1000. The number of aromatic hydroxyl groups is 1. The summed E-state index contributed by atoms with van der Waals surface area (Å²) >= 11 is 0. The lowest BCUT2D eigenvalue weighted by atomic mass is 10.0. The molecular formula is C25H28N2O6. The minimum Gasteiger partial charge on any atom is -0.507 e. The standard InChI is InChI=1S/C25H28N2O6/c28-20-9-2-1-8-18-16-19(32-15-7-13-27-23-11-3-5-12-26-23)17-22(30)24(18)25(31)33-14-6-4-10-21(20)29/h1,3-5,8,10-12,16-17,20,28,30H,2,6-7,9,13-15H2,(H,26,27)/b8-1+,10-4-/t20-/m0/s1. The molecule has 2 heterocycles. The predicted octanol–water partition coefficient (Wildman–Crippen LogP) is 3.51. The first-order chi connectivity index (χ1) is 16.0. The third-order valence-corrected chi connectivity index (χ3v) is 4.92. The van der Waals surface area contributed by atoms with Crippen LogP contribution in [0.25, 0.3) is 6.08 Å². The van der Waals surface area contributed by atoms with Crippen molar-refractivity contribution >= 4 is 23.6 Å². The van der Waals surface area contributed by atoms with Crippen LogP contribution in [-0.2, 0) is 9.53 Å². The van der Waals surface area contributed by atoms with Crippen LogP contribution in [0.1, 0.15) is 41.6 Å². The van der Waals surface area contributed by atoms with E-state index in [0.29, 0.717) is 43.7 Å². The maximum Gasteiger partial charge on any atom is 0.342 e. The normalized spacial score (nSPS) is 19.0. The largest absolute Gasteiger partial charge is 0.507 e. The van der Waals surface area contributed by atoms with Crippen molar-refractivity contribution in [3.63, 3.8) is 0 Å². The summed E-state index contributed by atoms with van der Waals surface area (Å²) in [5.74, 6) is -0.0667. The van der Waals surface area contributed by atoms with Crippen LogP contribution in [0.4, 0.5) is 5.82 Å². The number of ether oxygens (including phenoxy) is 2. The number of benzene rings is 1. The smallest absolute Gasteiger partial charge is 0.342 e. The highest BCUT2D eigenvalue weighted by molar-refractivity contribution is 5.97. The molecule has 0 fully saturated rings. The van der Waals surface area contributed by atoms with E-state index in [-0.39, 0.29) is 30.1 Å². The monoisotopic (exact) mass is 452 g/mol. The van der Waals surface area contributed by atoms with Gasteiger partial charge in [-0.1, -0.05) is 24.3 Å². The Morgan fingerprint density at radius 1 is 1.15 bits per heavy atom. The number of hydrogen-bond acceptors (Lipinski definition) is 8. The topological polar surface area (TPSA) is 118 Å². The molecule has 1 atom stereocenters. The molecule has 0 spiro atoms. The number of aliphatic hydroxyl groups excluding tert-OH is 1. The number of aromatic nitrogens is 1. The van der Waals surface area contributed by atoms with E-state index in [2.05, 4.69) is 10.3 Å². The maximum absolute atomic E-state index is 12.6. The fourth-order valence-corrected chi connectivity index (χ4v) is 3.21. The molecule has 1 aromatic carbocycles. The number of phenolic OH excluding ortho intramolecular Hbond substituents is 1. The Labute approximate surface area is 192 Å². The van der Waals surface area contributed by atoms with Gasteiger partial charge in [-0.2, -0.15) is 0 Å². The minimum atomic E-state index is -1.08. The van der Waals surface area contributed by atoms with Crippen LogP contribution in [0, 0.1) is 0 Å². The first-order valence-electron chi connectivity index (χ1n) is 10.9. The molecule has 0 saturated carbocycles. The molecule has 0 aliphatic carbocycles. The quantitative estimate of drug-likeness (QED) is 0.450. The van der Waals surface area contributed by atoms with E-state index in [1.165, 1.54) is 12.1 Å². The molecule has 8 heteroatoms. The van der Waals surface area contributed by atoms with Gasteiger partial charge in [0.25, 0.3) is 0 Å². The number of rotatable bonds is 6. The number of cyclic esters (lactones) is 1. The number of hydrogen-bond donors (Lipinski definition) is 3. The Morgan fingerprint density at radius 2 is 2.00 bits per heavy atom. The van der Waals surface area contributed by atoms with Crippen molar-refractivity contribution in [3.05, 3.63) is 65.9 Å². The second-order valence-electron chi connectivity index (χ2n) is 7.48. The van der Waals surface area contributed by atoms with Crippen LogP contribution < -0.4 is 10.1 Å². The Kier molecular flexibility index (Phi) is 9.02. The van der Waals surface area contributed by atoms with Crippen LogP contribution >= 0.6 is 0 Å². The summed E-state index contributed by atoms with van der Waals surface area (Å²) in [6, 6.07) is 8.68. The SMILES string of the molecule is O=C1OCC/C=C\C(=O)[C@@H](O)CC/C=C/c2cc(OCCCNc3ccccn3)cc(O)c21. The minimum absolute atomic E-state index is 0.0445. The number of nitrogens with zero attached hydrogens (tertiary/aromatic N) is 1. The number of esters is 1. The van der Waals surface area contributed by atoms with Crippen molar-refractivity contribution in [1.82, 2.24) is 4.98 Å². The number of carbonyl (C=O) groups excluding carboxylic acids is 2. The number of phenols is 1. The van der Waals surface area contributed by atoms with Crippen LogP contribution in [0.2, 0.25) is 0 Å². The lowest BCUT2D eigenvalue weighted by molar-refractivity contribution is -0.122. The zero-order chi connectivity index (χ0) is 23.5. The molecule has 174 valence electrons. The molecule has 1 aliphatic rings. The summed E-state index contributed by atoms with van der Waals surface area (Å²) in [6.07, 6.45) is 8.57. The number of allylic oxidation sites excluding steroid dienone is 1. The molecule has 3 N–H and O–H groups in total. The number of pyridine rings is 1. The van der Waals surface area contributed by atoms with Gasteiger partial charge in [-0.25, -0.2) is 9.78 Å². The second kappa shape index (κ2) is 12.4. The molecule has 0 unspecified atom stereocenters. The summed E-state index contributed by atoms with van der Waals surface area (Å²) in [5.41, 5.74) is 0.489. The Morgan fingerprint density at radius 3 is 2.82 bits per heavy atom. The Hall–Kier alpha value is -3.65. The van der Waals surface area contributed by atoms with Gasteiger partial charge in [0.15, 0.2) is 5.78 Å². The van der Waals surface area contributed by atoms with Gasteiger partial charge < -0.3 is 25.0 Å². The van der Waals surface area contributed by atoms with Gasteiger partial charge in [-0.3, -0.25) is 4.79 Å². The highest BCUT2D eigenvalue weighted by atomic mass is 16.5. The van der Waals surface area contributed by atoms with E-state index in [1.807, 2.05) is 18.2 Å². The van der Waals surface area contributed by atoms with Gasteiger partial charge in [0.05, 0.1) is 13.2 Å². The molecule has 0 amide bonds. The molecule has 0 radical (unpaired) electrons. The van der Waals surface area contributed by atoms with Gasteiger partial charge in [0.1, 0.15) is 29.0 Å². The fourth-order valence-electron chi connectivity index (χ4n) is 3.21. The van der Waals surface area contributed by atoms with Crippen molar-refractivity contribution in [2.75, 3.05) is 25.1 Å². The van der Waals surface area contributed by atoms with E-state index >= 15 is 0 Å². The molecule has 33 heavy (non-hydrogen) atoms. The van der Waals surface area contributed by atoms with Gasteiger partial charge in [-0.15, -0.1) is 0 Å². The van der Waals surface area contributed by atoms with Crippen molar-refractivity contribution in [1.29, 1.82) is 0 Å². The molecule has 1 aromatic heterocycles. The van der Waals surface area contributed by atoms with Gasteiger partial charge in [0.2, 0.25) is 0 Å². The van der Waals surface area contributed by atoms with Crippen molar-refractivity contribution in [2.45, 2.75) is 31.8 Å². The average Bonchev–Trinajstić information content (AvgIpc) is 2.81. The summed E-state index contributed by atoms with van der Waals surface area (Å²) < 4.78 is 11.0. The summed E-state index contributed by atoms with van der Waals surface area (Å²) in [6.45, 7) is 1.10. The number of ketones is 1. The van der Waals surface area contributed by atoms with E-state index in [0.717, 1.165) is 5.82 Å². The molecule has 3 rings (SSSR count). The van der Waals surface area contributed by atoms with Crippen LogP contribution in [-0.4, -0.2) is 52.8 Å². The van der Waals surface area contributed by atoms with Gasteiger partial charge in [-0.05, 0) is 55.5 Å². The molecule has 8 nitrogen and oxygen atoms in total. The first-order valence-corrected chi connectivity index (χ1v) is 10.9. The number of aliphatic hydroxyl groups is 1. The number of nitrogens with one attached hydrogen (secondary N) is 1. The maximum atomic E-state index is 12.6. The summed E-state index contributed by atoms with van der Waals surface area (Å²) in [4.78, 5) is 28.6. The van der Waals surface area contributed by atoms with Crippen molar-refractivity contribution in [3.8, 4) is 11.5 Å². The zero-order valence-electron chi connectivity index (χ0n) is 18.3. The van der Waals surface area contributed by atoms with E-state index in [1.54, 1.807) is 30.5 Å². The molecule has 0 bridgehead atoms. The van der Waals surface area contributed by atoms with Gasteiger partial charge >= 0.3 is 5.97 Å². The highest BCUT2D eigenvalue weighted by Gasteiger charge is 2.19. The number of carbonyl (C=O) groups is 2. The van der Waals surface area contributed by atoms with Crippen LogP contribution in [0.3, 0.4) is 0 Å². The fraction of sp³-hybridized carbons (Fsp3) is 0.320. The van der Waals surface area contributed by atoms with Crippen molar-refractivity contribution in [2.24, 2.45) is 0 Å². The van der Waals surface area contributed by atoms with E-state index in [9.17, 15) is 19.8 Å². The Balaban J connectivity index is 1.67. The highest BCUT2D eigenvalue weighted by Crippen LogP contribution is 2.30. The van der Waals surface area contributed by atoms with Crippen LogP contribution in [0.5, 0.6) is 11.5 Å². The molecule has 2 aromatic rings. The zero-order valence-corrected chi connectivity index (χ0v) is 18.3. The number of anilines is 1. The van der Waals surface area contributed by atoms with Gasteiger partial charge in [0, 0.05) is 18.8 Å². The summed E-state index contributed by atoms with van der Waals surface area (Å²) in [5, 5.41) is 23.6. The third-order valence-electron chi connectivity index (χ3n) is 4.92. The van der Waals surface area contributed by atoms with E-state index in [4.69, 9.17) is 9.47 Å². The first kappa shape index (κ1) is 24.0. The van der Waals surface area contributed by atoms with Crippen LogP contribution in [0.15, 0.2) is 54.8 Å². The molecule has 0 saturated heterocycles. The third kappa shape index (κ3) is 7.47. The predicted molar refractivity (Wildman–Crippen MR) is 124 cm³/mol. The molecular weight excluding hydrogens is 424 g/mol. The lowest BCUT2D eigenvalue weighted by Gasteiger charge is -2.13. The average molecular weight is 453 g/mol. The molecule has 1 aliphatic heterocycles. The second-order valence-corrected chi connectivity index (χ2v) is 7.48. The number of fused-ring (bicyclic) bond motifs is 1. The summed E-state index contributed by atoms with van der Waals surface area (Å²) in [7, 11) is 0. The lowest BCUT2D eigenvalue weighted by Crippen LogP contribution is -2.17. The van der Waals surface area contributed by atoms with Crippen molar-refractivity contribution < 1.29 is 29.3 Å². The van der Waals surface area contributed by atoms with E-state index < -0.39 is 12.1 Å².